The van der Waals surface area contributed by atoms with Gasteiger partial charge in [0.2, 0.25) is 0 Å². The summed E-state index contributed by atoms with van der Waals surface area (Å²) in [7, 11) is 1.76. The molecule has 2 heterocycles. The minimum Gasteiger partial charge on any atom is -0.356 e. The maximum absolute atomic E-state index is 6.21. The monoisotopic (exact) mass is 544 g/mol. The van der Waals surface area contributed by atoms with Crippen LogP contribution in [0.2, 0.25) is 10.0 Å². The number of pyridine rings is 1. The van der Waals surface area contributed by atoms with E-state index in [2.05, 4.69) is 25.6 Å². The Morgan fingerprint density at radius 2 is 2.03 bits per heavy atom. The Morgan fingerprint density at radius 1 is 1.17 bits per heavy atom. The Morgan fingerprint density at radius 3 is 2.69 bits per heavy atom. The quantitative estimate of drug-likeness (QED) is 0.199. The number of hydrogen-bond acceptors (Lipinski definition) is 3. The number of hydrogen-bond donors (Lipinski definition) is 2. The average Bonchev–Trinajstić information content (AvgIpc) is 3.24. The lowest BCUT2D eigenvalue weighted by atomic mass is 10.1. The number of guanidine groups is 1. The van der Waals surface area contributed by atoms with Crippen molar-refractivity contribution in [2.24, 2.45) is 4.99 Å². The van der Waals surface area contributed by atoms with Gasteiger partial charge in [0.1, 0.15) is 12.1 Å². The van der Waals surface area contributed by atoms with E-state index in [1.807, 2.05) is 41.2 Å². The molecular formula is C20H23Cl2IN6. The van der Waals surface area contributed by atoms with Crippen molar-refractivity contribution in [1.29, 1.82) is 0 Å². The van der Waals surface area contributed by atoms with Crippen LogP contribution in [0.1, 0.15) is 17.5 Å². The SMILES string of the molecule is CN=C(NCCCc1ccc(Cl)cc1Cl)NCc1ccc(-n2ccnc2)nc1.I. The van der Waals surface area contributed by atoms with E-state index in [-0.39, 0.29) is 24.0 Å². The molecular weight excluding hydrogens is 522 g/mol. The predicted molar refractivity (Wildman–Crippen MR) is 130 cm³/mol. The third kappa shape index (κ3) is 7.17. The molecule has 0 atom stereocenters. The third-order valence-corrected chi connectivity index (χ3v) is 4.78. The molecule has 6 nitrogen and oxygen atoms in total. The fourth-order valence-electron chi connectivity index (χ4n) is 2.69. The average molecular weight is 545 g/mol. The number of benzene rings is 1. The summed E-state index contributed by atoms with van der Waals surface area (Å²) in [5.74, 6) is 1.59. The highest BCUT2D eigenvalue weighted by Gasteiger charge is 2.03. The van der Waals surface area contributed by atoms with E-state index in [0.29, 0.717) is 16.6 Å². The van der Waals surface area contributed by atoms with Crippen LogP contribution in [-0.2, 0) is 13.0 Å². The van der Waals surface area contributed by atoms with Crippen molar-refractivity contribution in [1.82, 2.24) is 25.2 Å². The second kappa shape index (κ2) is 12.0. The first-order valence-corrected chi connectivity index (χ1v) is 9.73. The molecule has 0 saturated carbocycles. The largest absolute Gasteiger partial charge is 0.356 e. The Labute approximate surface area is 197 Å². The summed E-state index contributed by atoms with van der Waals surface area (Å²) in [6.07, 6.45) is 8.97. The van der Waals surface area contributed by atoms with E-state index in [1.54, 1.807) is 25.6 Å². The van der Waals surface area contributed by atoms with Crippen LogP contribution in [-0.4, -0.2) is 34.1 Å². The van der Waals surface area contributed by atoms with E-state index in [1.165, 1.54) is 0 Å². The van der Waals surface area contributed by atoms with Crippen LogP contribution in [0.3, 0.4) is 0 Å². The summed E-state index contributed by atoms with van der Waals surface area (Å²) in [6, 6.07) is 9.61. The van der Waals surface area contributed by atoms with Gasteiger partial charge in [-0.2, -0.15) is 0 Å². The summed E-state index contributed by atoms with van der Waals surface area (Å²) < 4.78 is 1.87. The minimum absolute atomic E-state index is 0. The molecule has 0 amide bonds. The van der Waals surface area contributed by atoms with Gasteiger partial charge < -0.3 is 10.6 Å². The summed E-state index contributed by atoms with van der Waals surface area (Å²) in [5.41, 5.74) is 2.17. The molecule has 0 spiro atoms. The van der Waals surface area contributed by atoms with Crippen molar-refractivity contribution in [3.63, 3.8) is 0 Å². The van der Waals surface area contributed by atoms with Gasteiger partial charge in [-0.05, 0) is 42.2 Å². The van der Waals surface area contributed by atoms with Gasteiger partial charge in [0.15, 0.2) is 5.96 Å². The Hall–Kier alpha value is -1.84. The molecule has 1 aromatic carbocycles. The number of aliphatic imine (C=N–C) groups is 1. The first kappa shape index (κ1) is 23.4. The van der Waals surface area contributed by atoms with E-state index in [9.17, 15) is 0 Å². The highest BCUT2D eigenvalue weighted by molar-refractivity contribution is 14.0. The molecule has 0 unspecified atom stereocenters. The fraction of sp³-hybridized carbons (Fsp3) is 0.250. The van der Waals surface area contributed by atoms with E-state index < -0.39 is 0 Å². The Kier molecular flexibility index (Phi) is 9.69. The van der Waals surface area contributed by atoms with E-state index in [4.69, 9.17) is 23.2 Å². The molecule has 0 radical (unpaired) electrons. The Bertz CT molecular complexity index is 913. The molecule has 9 heteroatoms. The molecule has 2 aromatic heterocycles. The predicted octanol–water partition coefficient (Wildman–Crippen LogP) is 4.49. The normalized spacial score (nSPS) is 11.1. The Balaban J connectivity index is 0.00000300. The van der Waals surface area contributed by atoms with Crippen LogP contribution in [0.25, 0.3) is 5.82 Å². The molecule has 0 fully saturated rings. The first-order chi connectivity index (χ1) is 13.7. The van der Waals surface area contributed by atoms with E-state index >= 15 is 0 Å². The lowest BCUT2D eigenvalue weighted by molar-refractivity contribution is 0.741. The van der Waals surface area contributed by atoms with Crippen molar-refractivity contribution in [2.75, 3.05) is 13.6 Å². The van der Waals surface area contributed by atoms with Crippen molar-refractivity contribution in [3.8, 4) is 5.82 Å². The third-order valence-electron chi connectivity index (χ3n) is 4.19. The van der Waals surface area contributed by atoms with Gasteiger partial charge in [-0.25, -0.2) is 9.97 Å². The van der Waals surface area contributed by atoms with Crippen LogP contribution in [0.15, 0.2) is 60.2 Å². The molecule has 3 rings (SSSR count). The smallest absolute Gasteiger partial charge is 0.191 e. The number of rotatable bonds is 7. The lowest BCUT2D eigenvalue weighted by Crippen LogP contribution is -2.37. The molecule has 0 aliphatic heterocycles. The number of halogens is 3. The van der Waals surface area contributed by atoms with Gasteiger partial charge in [-0.1, -0.05) is 35.3 Å². The summed E-state index contributed by atoms with van der Waals surface area (Å²) >= 11 is 12.1. The standard InChI is InChI=1S/C20H22Cl2N6.HI/c1-23-20(25-8-2-3-16-5-6-17(21)11-18(16)22)27-13-15-4-7-19(26-12-15)28-10-9-24-14-28;/h4-7,9-12,14H,2-3,8,13H2,1H3,(H2,23,25,27);1H. The number of aryl methyl sites for hydroxylation is 1. The molecule has 0 saturated heterocycles. The van der Waals surface area contributed by atoms with Crippen LogP contribution in [0, 0.1) is 0 Å². The zero-order valence-corrected chi connectivity index (χ0v) is 19.8. The summed E-state index contributed by atoms with van der Waals surface area (Å²) in [6.45, 7) is 1.43. The van der Waals surface area contributed by atoms with Crippen LogP contribution in [0.4, 0.5) is 0 Å². The highest BCUT2D eigenvalue weighted by Crippen LogP contribution is 2.21. The molecule has 0 aliphatic carbocycles. The van der Waals surface area contributed by atoms with Gasteiger partial charge in [-0.15, -0.1) is 24.0 Å². The maximum atomic E-state index is 6.21. The van der Waals surface area contributed by atoms with Gasteiger partial charge in [0.25, 0.3) is 0 Å². The zero-order chi connectivity index (χ0) is 19.8. The van der Waals surface area contributed by atoms with Gasteiger partial charge in [0.05, 0.1) is 0 Å². The van der Waals surface area contributed by atoms with Crippen molar-refractivity contribution >= 4 is 53.1 Å². The number of imidazole rings is 1. The van der Waals surface area contributed by atoms with Gasteiger partial charge in [0, 0.05) is 48.8 Å². The van der Waals surface area contributed by atoms with Crippen molar-refractivity contribution in [2.45, 2.75) is 19.4 Å². The summed E-state index contributed by atoms with van der Waals surface area (Å²) in [5, 5.41) is 7.97. The fourth-order valence-corrected chi connectivity index (χ4v) is 3.19. The van der Waals surface area contributed by atoms with Crippen LogP contribution >= 0.6 is 47.2 Å². The topological polar surface area (TPSA) is 67.1 Å². The number of aromatic nitrogens is 3. The lowest BCUT2D eigenvalue weighted by Gasteiger charge is -2.12. The molecule has 2 N–H and O–H groups in total. The zero-order valence-electron chi connectivity index (χ0n) is 16.0. The molecule has 0 bridgehead atoms. The summed E-state index contributed by atoms with van der Waals surface area (Å²) in [4.78, 5) is 12.7. The van der Waals surface area contributed by atoms with Crippen LogP contribution in [0.5, 0.6) is 0 Å². The number of nitrogens with zero attached hydrogens (tertiary/aromatic N) is 4. The molecule has 154 valence electrons. The minimum atomic E-state index is 0. The molecule has 0 aliphatic rings. The highest BCUT2D eigenvalue weighted by atomic mass is 127. The van der Waals surface area contributed by atoms with Crippen molar-refractivity contribution < 1.29 is 0 Å². The van der Waals surface area contributed by atoms with Gasteiger partial charge >= 0.3 is 0 Å². The number of nitrogens with one attached hydrogen (secondary N) is 2. The van der Waals surface area contributed by atoms with Crippen molar-refractivity contribution in [3.05, 3.63) is 76.4 Å². The maximum Gasteiger partial charge on any atom is 0.191 e. The first-order valence-electron chi connectivity index (χ1n) is 8.97. The van der Waals surface area contributed by atoms with Crippen LogP contribution < -0.4 is 10.6 Å². The van der Waals surface area contributed by atoms with E-state index in [0.717, 1.165) is 42.3 Å². The second-order valence-electron chi connectivity index (χ2n) is 6.19. The molecule has 3 aromatic rings. The molecule has 29 heavy (non-hydrogen) atoms. The van der Waals surface area contributed by atoms with Gasteiger partial charge in [-0.3, -0.25) is 9.56 Å². The second-order valence-corrected chi connectivity index (χ2v) is 7.03.